The number of halogens is 3. The summed E-state index contributed by atoms with van der Waals surface area (Å²) in [5, 5.41) is 0.0440. The maximum absolute atomic E-state index is 11.9. The highest BCUT2D eigenvalue weighted by Crippen LogP contribution is 2.17. The molecule has 2 aromatic rings. The van der Waals surface area contributed by atoms with Gasteiger partial charge in [-0.05, 0) is 44.0 Å². The number of H-pyrrole nitrogens is 1. The van der Waals surface area contributed by atoms with Gasteiger partial charge in [-0.2, -0.15) is 0 Å². The van der Waals surface area contributed by atoms with E-state index in [2.05, 4.69) is 52.7 Å². The van der Waals surface area contributed by atoms with Crippen LogP contribution in [-0.2, 0) is 0 Å². The van der Waals surface area contributed by atoms with Crippen molar-refractivity contribution in [3.63, 3.8) is 0 Å². The Morgan fingerprint density at radius 3 is 2.50 bits per heavy atom. The molecular formula is C11H7Br2ClN4O2. The topological polar surface area (TPSA) is 86.9 Å². The number of hydrogen-bond donors (Lipinski definition) is 3. The van der Waals surface area contributed by atoms with Gasteiger partial charge in [0.25, 0.3) is 11.8 Å². The second kappa shape index (κ2) is 6.38. The van der Waals surface area contributed by atoms with Gasteiger partial charge in [-0.3, -0.25) is 20.4 Å². The average molecular weight is 422 g/mol. The Labute approximate surface area is 135 Å². The second-order valence-corrected chi connectivity index (χ2v) is 5.82. The van der Waals surface area contributed by atoms with Gasteiger partial charge >= 0.3 is 0 Å². The van der Waals surface area contributed by atoms with Crippen LogP contribution < -0.4 is 10.9 Å². The summed E-state index contributed by atoms with van der Waals surface area (Å²) in [7, 11) is 0. The van der Waals surface area contributed by atoms with Gasteiger partial charge in [0.1, 0.15) is 10.8 Å². The van der Waals surface area contributed by atoms with Crippen molar-refractivity contribution >= 4 is 55.3 Å². The highest BCUT2D eigenvalue weighted by atomic mass is 79.9. The predicted octanol–water partition coefficient (Wildman–Crippen LogP) is 2.66. The van der Waals surface area contributed by atoms with Crippen LogP contribution in [0, 0.1) is 0 Å². The van der Waals surface area contributed by atoms with Crippen LogP contribution in [0.4, 0.5) is 0 Å². The van der Waals surface area contributed by atoms with Crippen LogP contribution in [0.25, 0.3) is 0 Å². The Morgan fingerprint density at radius 2 is 1.85 bits per heavy atom. The molecule has 0 bridgehead atoms. The highest BCUT2D eigenvalue weighted by molar-refractivity contribution is 9.10. The van der Waals surface area contributed by atoms with Gasteiger partial charge in [-0.25, -0.2) is 4.98 Å². The van der Waals surface area contributed by atoms with E-state index >= 15 is 0 Å². The molecule has 3 N–H and O–H groups in total. The third-order valence-electron chi connectivity index (χ3n) is 2.23. The Hall–Kier alpha value is -1.38. The number of nitrogens with zero attached hydrogens (tertiary/aromatic N) is 1. The summed E-state index contributed by atoms with van der Waals surface area (Å²) in [6, 6.07) is 3.08. The molecular weight excluding hydrogens is 415 g/mol. The molecule has 0 fully saturated rings. The molecule has 20 heavy (non-hydrogen) atoms. The first-order valence-corrected chi connectivity index (χ1v) is 7.19. The number of pyridine rings is 1. The first-order chi connectivity index (χ1) is 9.47. The van der Waals surface area contributed by atoms with Gasteiger partial charge in [0.15, 0.2) is 0 Å². The van der Waals surface area contributed by atoms with Crippen molar-refractivity contribution in [3.05, 3.63) is 49.9 Å². The van der Waals surface area contributed by atoms with Crippen LogP contribution in [-0.4, -0.2) is 21.8 Å². The van der Waals surface area contributed by atoms with Crippen LogP contribution in [0.1, 0.15) is 20.8 Å². The lowest BCUT2D eigenvalue weighted by Crippen LogP contribution is -2.41. The molecule has 6 nitrogen and oxygen atoms in total. The number of carbonyl (C=O) groups is 2. The largest absolute Gasteiger partial charge is 0.356 e. The number of hydrazine groups is 1. The Kier molecular flexibility index (Phi) is 4.79. The molecule has 0 aliphatic heterocycles. The van der Waals surface area contributed by atoms with Crippen LogP contribution in [0.15, 0.2) is 33.5 Å². The quantitative estimate of drug-likeness (QED) is 0.514. The number of carbonyl (C=O) groups excluding carboxylic acids is 2. The van der Waals surface area contributed by atoms with E-state index < -0.39 is 11.8 Å². The fourth-order valence-electron chi connectivity index (χ4n) is 1.33. The summed E-state index contributed by atoms with van der Waals surface area (Å²) in [6.45, 7) is 0. The number of aromatic nitrogens is 2. The molecule has 2 amide bonds. The second-order valence-electron chi connectivity index (χ2n) is 3.63. The molecule has 0 unspecified atom stereocenters. The van der Waals surface area contributed by atoms with Gasteiger partial charge in [0.2, 0.25) is 0 Å². The van der Waals surface area contributed by atoms with E-state index in [4.69, 9.17) is 11.6 Å². The standard InChI is InChI=1S/C11H7Br2ClN4O2/c12-5-1-7(9(14)16-4-5)10(19)17-18-11(20)8-2-6(13)3-15-8/h1-4,15H,(H,17,19)(H,18,20). The molecule has 0 spiro atoms. The lowest BCUT2D eigenvalue weighted by Gasteiger charge is -2.07. The number of aromatic amines is 1. The maximum Gasteiger partial charge on any atom is 0.286 e. The van der Waals surface area contributed by atoms with Crippen molar-refractivity contribution in [2.24, 2.45) is 0 Å². The normalized spacial score (nSPS) is 10.2. The van der Waals surface area contributed by atoms with Crippen molar-refractivity contribution < 1.29 is 9.59 Å². The molecule has 2 heterocycles. The SMILES string of the molecule is O=C(NNC(=O)c1cc(Br)cnc1Cl)c1cc(Br)c[nH]1. The molecule has 0 saturated heterocycles. The Balaban J connectivity index is 2.02. The fourth-order valence-corrected chi connectivity index (χ4v) is 2.19. The maximum atomic E-state index is 11.9. The first-order valence-electron chi connectivity index (χ1n) is 5.23. The van der Waals surface area contributed by atoms with E-state index in [1.165, 1.54) is 12.3 Å². The Bertz CT molecular complexity index is 674. The van der Waals surface area contributed by atoms with E-state index in [0.717, 1.165) is 4.47 Å². The summed E-state index contributed by atoms with van der Waals surface area (Å²) < 4.78 is 1.33. The van der Waals surface area contributed by atoms with Crippen LogP contribution >= 0.6 is 43.5 Å². The monoisotopic (exact) mass is 420 g/mol. The third-order valence-corrected chi connectivity index (χ3v) is 3.42. The summed E-state index contributed by atoms with van der Waals surface area (Å²) in [6.07, 6.45) is 3.07. The van der Waals surface area contributed by atoms with Gasteiger partial charge in [0.05, 0.1) is 5.56 Å². The molecule has 0 aliphatic rings. The van der Waals surface area contributed by atoms with Crippen molar-refractivity contribution in [2.45, 2.75) is 0 Å². The van der Waals surface area contributed by atoms with Gasteiger partial charge < -0.3 is 4.98 Å². The molecule has 0 aromatic carbocycles. The summed E-state index contributed by atoms with van der Waals surface area (Å²) >= 11 is 12.2. The Morgan fingerprint density at radius 1 is 1.15 bits per heavy atom. The fraction of sp³-hybridized carbons (Fsp3) is 0. The van der Waals surface area contributed by atoms with Crippen molar-refractivity contribution in [1.29, 1.82) is 0 Å². The molecule has 2 rings (SSSR count). The molecule has 104 valence electrons. The zero-order chi connectivity index (χ0) is 14.7. The van der Waals surface area contributed by atoms with Crippen molar-refractivity contribution in [1.82, 2.24) is 20.8 Å². The first kappa shape index (κ1) is 15.0. The lowest BCUT2D eigenvalue weighted by molar-refractivity contribution is 0.0844. The average Bonchev–Trinajstić information content (AvgIpc) is 2.85. The summed E-state index contributed by atoms with van der Waals surface area (Å²) in [5.74, 6) is -1.05. The third kappa shape index (κ3) is 3.59. The van der Waals surface area contributed by atoms with Crippen LogP contribution in [0.5, 0.6) is 0 Å². The molecule has 0 aliphatic carbocycles. The van der Waals surface area contributed by atoms with Crippen LogP contribution in [0.3, 0.4) is 0 Å². The van der Waals surface area contributed by atoms with Crippen molar-refractivity contribution in [3.8, 4) is 0 Å². The van der Waals surface area contributed by atoms with E-state index in [1.807, 2.05) is 0 Å². The molecule has 9 heteroatoms. The minimum absolute atomic E-state index is 0.0440. The van der Waals surface area contributed by atoms with Crippen molar-refractivity contribution in [2.75, 3.05) is 0 Å². The van der Waals surface area contributed by atoms with E-state index in [1.54, 1.807) is 12.3 Å². The summed E-state index contributed by atoms with van der Waals surface area (Å²) in [4.78, 5) is 30.1. The van der Waals surface area contributed by atoms with Gasteiger partial charge in [-0.1, -0.05) is 11.6 Å². The lowest BCUT2D eigenvalue weighted by atomic mass is 10.3. The smallest absolute Gasteiger partial charge is 0.286 e. The highest BCUT2D eigenvalue weighted by Gasteiger charge is 2.14. The number of nitrogens with one attached hydrogen (secondary N) is 3. The zero-order valence-corrected chi connectivity index (χ0v) is 13.6. The van der Waals surface area contributed by atoms with E-state index in [-0.39, 0.29) is 10.7 Å². The van der Waals surface area contributed by atoms with Gasteiger partial charge in [-0.15, -0.1) is 0 Å². The molecule has 0 saturated carbocycles. The van der Waals surface area contributed by atoms with Crippen LogP contribution in [0.2, 0.25) is 5.15 Å². The molecule has 0 atom stereocenters. The van der Waals surface area contributed by atoms with E-state index in [9.17, 15) is 9.59 Å². The van der Waals surface area contributed by atoms with E-state index in [0.29, 0.717) is 10.2 Å². The predicted molar refractivity (Wildman–Crippen MR) is 80.4 cm³/mol. The minimum atomic E-state index is -0.567. The molecule has 2 aromatic heterocycles. The number of rotatable bonds is 2. The summed E-state index contributed by atoms with van der Waals surface area (Å²) in [5.41, 5.74) is 4.97. The molecule has 0 radical (unpaired) electrons. The number of amides is 2. The van der Waals surface area contributed by atoms with Gasteiger partial charge in [0, 0.05) is 21.3 Å². The minimum Gasteiger partial charge on any atom is -0.356 e. The number of hydrogen-bond acceptors (Lipinski definition) is 3. The zero-order valence-electron chi connectivity index (χ0n) is 9.71.